The van der Waals surface area contributed by atoms with E-state index < -0.39 is 11.7 Å². The van der Waals surface area contributed by atoms with Crippen molar-refractivity contribution in [3.63, 3.8) is 0 Å². The van der Waals surface area contributed by atoms with Crippen LogP contribution in [0.4, 0.5) is 13.2 Å². The van der Waals surface area contributed by atoms with Gasteiger partial charge in [0.05, 0.1) is 5.56 Å². The van der Waals surface area contributed by atoms with Gasteiger partial charge in [0.15, 0.2) is 0 Å². The lowest BCUT2D eigenvalue weighted by Crippen LogP contribution is -2.46. The Morgan fingerprint density at radius 3 is 2.26 bits per heavy atom. The molecule has 0 saturated carbocycles. The van der Waals surface area contributed by atoms with E-state index in [2.05, 4.69) is 4.98 Å². The number of aromatic amines is 1. The summed E-state index contributed by atoms with van der Waals surface area (Å²) < 4.78 is 39.2. The van der Waals surface area contributed by atoms with E-state index in [1.807, 2.05) is 44.3 Å². The average Bonchev–Trinajstić information content (AvgIpc) is 3.32. The minimum Gasteiger partial charge on any atom is -0.361 e. The van der Waals surface area contributed by atoms with E-state index in [0.29, 0.717) is 29.1 Å². The molecule has 0 aliphatic rings. The van der Waals surface area contributed by atoms with Crippen molar-refractivity contribution >= 4 is 34.3 Å². The van der Waals surface area contributed by atoms with E-state index in [1.54, 1.807) is 29.2 Å². The molecular formula is C30H29ClF3N3O2. The zero-order valence-electron chi connectivity index (χ0n) is 21.6. The number of nitrogens with zero attached hydrogens (tertiary/aromatic N) is 2. The Morgan fingerprint density at radius 1 is 0.949 bits per heavy atom. The standard InChI is InChI=1S/C30H29ClF3N3O2/c1-20(2)37(29(39)22-9-13-25(31)14-10-22)19-28(38)36(18-21-7-11-24(12-8-21)30(32,33)34)16-15-23-17-35-27-6-4-3-5-26(23)27/h3-14,17,20,35H,15-16,18-19H2,1-2H3. The quantitative estimate of drug-likeness (QED) is 0.243. The Balaban J connectivity index is 1.56. The molecule has 1 heterocycles. The topological polar surface area (TPSA) is 56.4 Å². The molecule has 1 aromatic heterocycles. The Labute approximate surface area is 230 Å². The highest BCUT2D eigenvalue weighted by atomic mass is 35.5. The van der Waals surface area contributed by atoms with Gasteiger partial charge in [-0.05, 0) is 73.9 Å². The van der Waals surface area contributed by atoms with Gasteiger partial charge in [0.2, 0.25) is 5.91 Å². The van der Waals surface area contributed by atoms with E-state index in [-0.39, 0.29) is 30.9 Å². The SMILES string of the molecule is CC(C)N(CC(=O)N(CCc1c[nH]c2ccccc12)Cc1ccc(C(F)(F)F)cc1)C(=O)c1ccc(Cl)cc1. The number of hydrogen-bond acceptors (Lipinski definition) is 2. The van der Waals surface area contributed by atoms with Crippen LogP contribution in [0.1, 0.15) is 40.9 Å². The van der Waals surface area contributed by atoms with Crippen LogP contribution in [0.25, 0.3) is 10.9 Å². The van der Waals surface area contributed by atoms with Crippen LogP contribution in [0.5, 0.6) is 0 Å². The number of alkyl halides is 3. The van der Waals surface area contributed by atoms with Crippen LogP contribution in [-0.2, 0) is 23.9 Å². The van der Waals surface area contributed by atoms with Gasteiger partial charge in [-0.3, -0.25) is 9.59 Å². The molecule has 9 heteroatoms. The number of halogens is 4. The number of hydrogen-bond donors (Lipinski definition) is 1. The highest BCUT2D eigenvalue weighted by Crippen LogP contribution is 2.29. The summed E-state index contributed by atoms with van der Waals surface area (Å²) in [6.07, 6.45) is -2.01. The van der Waals surface area contributed by atoms with Crippen LogP contribution in [-0.4, -0.2) is 45.7 Å². The van der Waals surface area contributed by atoms with E-state index in [4.69, 9.17) is 11.6 Å². The third-order valence-electron chi connectivity index (χ3n) is 6.61. The number of fused-ring (bicyclic) bond motifs is 1. The van der Waals surface area contributed by atoms with E-state index >= 15 is 0 Å². The van der Waals surface area contributed by atoms with Gasteiger partial charge in [0.25, 0.3) is 5.91 Å². The van der Waals surface area contributed by atoms with Crippen molar-refractivity contribution in [3.05, 3.63) is 106 Å². The first kappa shape index (κ1) is 28.2. The van der Waals surface area contributed by atoms with Gasteiger partial charge in [-0.15, -0.1) is 0 Å². The first-order valence-electron chi connectivity index (χ1n) is 12.6. The van der Waals surface area contributed by atoms with Crippen molar-refractivity contribution < 1.29 is 22.8 Å². The largest absolute Gasteiger partial charge is 0.416 e. The van der Waals surface area contributed by atoms with E-state index in [9.17, 15) is 22.8 Å². The number of H-pyrrole nitrogens is 1. The third-order valence-corrected chi connectivity index (χ3v) is 6.87. The molecule has 204 valence electrons. The molecule has 2 amide bonds. The fourth-order valence-corrected chi connectivity index (χ4v) is 4.52. The average molecular weight is 556 g/mol. The van der Waals surface area contributed by atoms with Gasteiger partial charge >= 0.3 is 6.18 Å². The maximum Gasteiger partial charge on any atom is 0.416 e. The molecule has 0 fully saturated rings. The van der Waals surface area contributed by atoms with Crippen molar-refractivity contribution in [1.29, 1.82) is 0 Å². The third kappa shape index (κ3) is 7.00. The van der Waals surface area contributed by atoms with Gasteiger partial charge in [0, 0.05) is 46.8 Å². The second kappa shape index (κ2) is 11.9. The Hall–Kier alpha value is -3.78. The van der Waals surface area contributed by atoms with Crippen molar-refractivity contribution in [1.82, 2.24) is 14.8 Å². The molecule has 1 N–H and O–H groups in total. The van der Waals surface area contributed by atoms with Gasteiger partial charge in [-0.2, -0.15) is 13.2 Å². The normalized spacial score (nSPS) is 11.7. The van der Waals surface area contributed by atoms with Crippen LogP contribution in [0, 0.1) is 0 Å². The molecule has 0 unspecified atom stereocenters. The van der Waals surface area contributed by atoms with Gasteiger partial charge in [-0.1, -0.05) is 41.9 Å². The molecule has 4 aromatic rings. The van der Waals surface area contributed by atoms with Crippen molar-refractivity contribution in [2.75, 3.05) is 13.1 Å². The molecule has 0 aliphatic heterocycles. The minimum atomic E-state index is -4.44. The summed E-state index contributed by atoms with van der Waals surface area (Å²) in [6, 6.07) is 18.8. The number of nitrogens with one attached hydrogen (secondary N) is 1. The number of benzene rings is 3. The summed E-state index contributed by atoms with van der Waals surface area (Å²) in [7, 11) is 0. The number of carbonyl (C=O) groups excluding carboxylic acids is 2. The second-order valence-electron chi connectivity index (χ2n) is 9.65. The number of para-hydroxylation sites is 1. The Morgan fingerprint density at radius 2 is 1.62 bits per heavy atom. The van der Waals surface area contributed by atoms with E-state index in [0.717, 1.165) is 28.6 Å². The molecule has 0 aliphatic carbocycles. The van der Waals surface area contributed by atoms with Crippen LogP contribution >= 0.6 is 11.6 Å². The molecule has 0 atom stereocenters. The molecule has 5 nitrogen and oxygen atoms in total. The molecule has 3 aromatic carbocycles. The molecule has 0 radical (unpaired) electrons. The lowest BCUT2D eigenvalue weighted by molar-refractivity contribution is -0.137. The number of amides is 2. The summed E-state index contributed by atoms with van der Waals surface area (Å²) in [5, 5.41) is 1.54. The van der Waals surface area contributed by atoms with Gasteiger partial charge in [-0.25, -0.2) is 0 Å². The fourth-order valence-electron chi connectivity index (χ4n) is 4.40. The zero-order chi connectivity index (χ0) is 28.2. The van der Waals surface area contributed by atoms with Crippen LogP contribution in [0.15, 0.2) is 79.0 Å². The zero-order valence-corrected chi connectivity index (χ0v) is 22.4. The Kier molecular flexibility index (Phi) is 8.65. The van der Waals surface area contributed by atoms with Gasteiger partial charge in [0.1, 0.15) is 6.54 Å². The first-order chi connectivity index (χ1) is 18.5. The second-order valence-corrected chi connectivity index (χ2v) is 10.1. The summed E-state index contributed by atoms with van der Waals surface area (Å²) in [6.45, 7) is 3.91. The predicted molar refractivity (Wildman–Crippen MR) is 146 cm³/mol. The highest BCUT2D eigenvalue weighted by molar-refractivity contribution is 6.30. The van der Waals surface area contributed by atoms with Crippen molar-refractivity contribution in [2.45, 2.75) is 39.0 Å². The molecule has 39 heavy (non-hydrogen) atoms. The van der Waals surface area contributed by atoms with E-state index in [1.165, 1.54) is 17.0 Å². The molecule has 4 rings (SSSR count). The number of aromatic nitrogens is 1. The van der Waals surface area contributed by atoms with Crippen molar-refractivity contribution in [3.8, 4) is 0 Å². The first-order valence-corrected chi connectivity index (χ1v) is 13.0. The monoisotopic (exact) mass is 555 g/mol. The summed E-state index contributed by atoms with van der Waals surface area (Å²) in [5.74, 6) is -0.605. The van der Waals surface area contributed by atoms with Gasteiger partial charge < -0.3 is 14.8 Å². The predicted octanol–water partition coefficient (Wildman–Crippen LogP) is 6.96. The smallest absolute Gasteiger partial charge is 0.361 e. The van der Waals surface area contributed by atoms with Crippen LogP contribution < -0.4 is 0 Å². The maximum absolute atomic E-state index is 13.6. The number of carbonyl (C=O) groups is 2. The van der Waals surface area contributed by atoms with Crippen LogP contribution in [0.3, 0.4) is 0 Å². The molecular weight excluding hydrogens is 527 g/mol. The summed E-state index contributed by atoms with van der Waals surface area (Å²) in [4.78, 5) is 33.2. The lowest BCUT2D eigenvalue weighted by Gasteiger charge is -2.30. The van der Waals surface area contributed by atoms with Crippen LogP contribution in [0.2, 0.25) is 5.02 Å². The molecule has 0 spiro atoms. The minimum absolute atomic E-state index is 0.112. The number of rotatable bonds is 9. The van der Waals surface area contributed by atoms with Crippen molar-refractivity contribution in [2.24, 2.45) is 0 Å². The maximum atomic E-state index is 13.6. The molecule has 0 saturated heterocycles. The summed E-state index contributed by atoms with van der Waals surface area (Å²) >= 11 is 5.96. The Bertz CT molecular complexity index is 1430. The lowest BCUT2D eigenvalue weighted by atomic mass is 10.1. The molecule has 0 bridgehead atoms. The summed E-state index contributed by atoms with van der Waals surface area (Å²) in [5.41, 5.74) is 2.23. The highest BCUT2D eigenvalue weighted by Gasteiger charge is 2.30. The fraction of sp³-hybridized carbons (Fsp3) is 0.267.